The van der Waals surface area contributed by atoms with Gasteiger partial charge >= 0.3 is 0 Å². The zero-order chi connectivity index (χ0) is 20.2. The van der Waals surface area contributed by atoms with E-state index in [1.807, 2.05) is 60.4 Å². The highest BCUT2D eigenvalue weighted by Gasteiger charge is 2.21. The summed E-state index contributed by atoms with van der Waals surface area (Å²) in [7, 11) is 0. The van der Waals surface area contributed by atoms with E-state index in [1.165, 1.54) is 0 Å². The third kappa shape index (κ3) is 4.47. The third-order valence-electron chi connectivity index (χ3n) is 5.31. The second-order valence-corrected chi connectivity index (χ2v) is 7.64. The van der Waals surface area contributed by atoms with Crippen LogP contribution in [0.3, 0.4) is 0 Å². The number of rotatable bonds is 5. The second-order valence-electron chi connectivity index (χ2n) is 7.64. The van der Waals surface area contributed by atoms with Gasteiger partial charge in [0, 0.05) is 18.7 Å². The normalized spacial score (nSPS) is 14.8. The summed E-state index contributed by atoms with van der Waals surface area (Å²) in [6.07, 6.45) is 2.10. The van der Waals surface area contributed by atoms with E-state index in [0.29, 0.717) is 28.9 Å². The molecule has 4 rings (SSSR count). The standard InChI is InChI=1S/C23H25N3O3/c1-16-10-12-26(13-11-16)21(27)15-28-20-9-4-3-8-19(20)22-24-23(29-25-22)18-7-5-6-17(2)14-18/h3-9,14,16H,10-13,15H2,1-2H3. The van der Waals surface area contributed by atoms with Crippen LogP contribution in [0.5, 0.6) is 5.75 Å². The largest absolute Gasteiger partial charge is 0.483 e. The number of para-hydroxylation sites is 1. The number of carbonyl (C=O) groups is 1. The van der Waals surface area contributed by atoms with Crippen LogP contribution >= 0.6 is 0 Å². The summed E-state index contributed by atoms with van der Waals surface area (Å²) in [6, 6.07) is 15.4. The molecule has 1 amide bonds. The monoisotopic (exact) mass is 391 g/mol. The summed E-state index contributed by atoms with van der Waals surface area (Å²) in [4.78, 5) is 18.9. The van der Waals surface area contributed by atoms with Crippen molar-refractivity contribution in [2.75, 3.05) is 19.7 Å². The molecule has 6 nitrogen and oxygen atoms in total. The van der Waals surface area contributed by atoms with Gasteiger partial charge in [0.2, 0.25) is 5.82 Å². The van der Waals surface area contributed by atoms with Gasteiger partial charge in [-0.15, -0.1) is 0 Å². The molecule has 0 bridgehead atoms. The molecule has 1 aliphatic rings. The number of nitrogens with zero attached hydrogens (tertiary/aromatic N) is 3. The maximum atomic E-state index is 12.5. The molecule has 0 unspecified atom stereocenters. The summed E-state index contributed by atoms with van der Waals surface area (Å²) < 4.78 is 11.3. The van der Waals surface area contributed by atoms with E-state index in [-0.39, 0.29) is 12.5 Å². The Balaban J connectivity index is 1.48. The SMILES string of the molecule is Cc1cccc(-c2nc(-c3ccccc3OCC(=O)N3CCC(C)CC3)no2)c1. The predicted octanol–water partition coefficient (Wildman–Crippen LogP) is 4.35. The number of hydrogen-bond acceptors (Lipinski definition) is 5. The van der Waals surface area contributed by atoms with Crippen molar-refractivity contribution in [2.24, 2.45) is 5.92 Å². The lowest BCUT2D eigenvalue weighted by molar-refractivity contribution is -0.134. The molecule has 6 heteroatoms. The topological polar surface area (TPSA) is 68.5 Å². The average Bonchev–Trinajstić information content (AvgIpc) is 3.23. The van der Waals surface area contributed by atoms with Crippen LogP contribution in [-0.2, 0) is 4.79 Å². The van der Waals surface area contributed by atoms with Crippen molar-refractivity contribution in [1.29, 1.82) is 0 Å². The summed E-state index contributed by atoms with van der Waals surface area (Å²) in [5.41, 5.74) is 2.70. The lowest BCUT2D eigenvalue weighted by Crippen LogP contribution is -2.40. The molecule has 0 radical (unpaired) electrons. The molecule has 1 fully saturated rings. The number of aryl methyl sites for hydroxylation is 1. The number of benzene rings is 2. The Morgan fingerprint density at radius 3 is 2.76 bits per heavy atom. The molecule has 150 valence electrons. The molecule has 2 aromatic carbocycles. The van der Waals surface area contributed by atoms with Gasteiger partial charge < -0.3 is 14.2 Å². The maximum absolute atomic E-state index is 12.5. The highest BCUT2D eigenvalue weighted by molar-refractivity contribution is 5.78. The second kappa shape index (κ2) is 8.47. The zero-order valence-corrected chi connectivity index (χ0v) is 16.8. The number of piperidine rings is 1. The Kier molecular flexibility index (Phi) is 5.60. The van der Waals surface area contributed by atoms with Crippen LogP contribution in [0.2, 0.25) is 0 Å². The molecule has 3 aromatic rings. The van der Waals surface area contributed by atoms with Crippen molar-refractivity contribution in [3.05, 3.63) is 54.1 Å². The fourth-order valence-corrected chi connectivity index (χ4v) is 3.49. The molecule has 2 heterocycles. The highest BCUT2D eigenvalue weighted by Crippen LogP contribution is 2.30. The van der Waals surface area contributed by atoms with E-state index >= 15 is 0 Å². The summed E-state index contributed by atoms with van der Waals surface area (Å²) in [6.45, 7) is 5.85. The quantitative estimate of drug-likeness (QED) is 0.647. The fourth-order valence-electron chi connectivity index (χ4n) is 3.49. The van der Waals surface area contributed by atoms with Crippen LogP contribution in [-0.4, -0.2) is 40.6 Å². The van der Waals surface area contributed by atoms with Crippen LogP contribution in [0.4, 0.5) is 0 Å². The molecule has 0 N–H and O–H groups in total. The molecule has 0 atom stereocenters. The lowest BCUT2D eigenvalue weighted by Gasteiger charge is -2.30. The van der Waals surface area contributed by atoms with Crippen molar-refractivity contribution < 1.29 is 14.1 Å². The Morgan fingerprint density at radius 1 is 1.17 bits per heavy atom. The van der Waals surface area contributed by atoms with E-state index in [9.17, 15) is 4.79 Å². The van der Waals surface area contributed by atoms with Gasteiger partial charge in [0.25, 0.3) is 11.8 Å². The molecule has 29 heavy (non-hydrogen) atoms. The van der Waals surface area contributed by atoms with Gasteiger partial charge in [0.15, 0.2) is 6.61 Å². The predicted molar refractivity (Wildman–Crippen MR) is 110 cm³/mol. The zero-order valence-electron chi connectivity index (χ0n) is 16.8. The Morgan fingerprint density at radius 2 is 1.97 bits per heavy atom. The smallest absolute Gasteiger partial charge is 0.260 e. The highest BCUT2D eigenvalue weighted by atomic mass is 16.5. The number of ether oxygens (including phenoxy) is 1. The van der Waals surface area contributed by atoms with Crippen LogP contribution in [0.1, 0.15) is 25.3 Å². The number of carbonyl (C=O) groups excluding carboxylic acids is 1. The van der Waals surface area contributed by atoms with Crippen molar-refractivity contribution >= 4 is 5.91 Å². The van der Waals surface area contributed by atoms with Gasteiger partial charge in [-0.1, -0.05) is 41.9 Å². The molecular weight excluding hydrogens is 366 g/mol. The van der Waals surface area contributed by atoms with Crippen LogP contribution in [0.25, 0.3) is 22.8 Å². The van der Waals surface area contributed by atoms with Crippen molar-refractivity contribution in [2.45, 2.75) is 26.7 Å². The summed E-state index contributed by atoms with van der Waals surface area (Å²) in [5.74, 6) is 2.16. The van der Waals surface area contributed by atoms with Gasteiger partial charge in [-0.3, -0.25) is 4.79 Å². The van der Waals surface area contributed by atoms with E-state index in [2.05, 4.69) is 17.1 Å². The van der Waals surface area contributed by atoms with E-state index in [0.717, 1.165) is 37.1 Å². The number of amides is 1. The van der Waals surface area contributed by atoms with E-state index in [4.69, 9.17) is 9.26 Å². The van der Waals surface area contributed by atoms with Crippen molar-refractivity contribution in [3.8, 4) is 28.6 Å². The molecule has 0 aliphatic carbocycles. The lowest BCUT2D eigenvalue weighted by atomic mass is 9.99. The minimum Gasteiger partial charge on any atom is -0.483 e. The van der Waals surface area contributed by atoms with Crippen LogP contribution < -0.4 is 4.74 Å². The first-order valence-electron chi connectivity index (χ1n) is 10.0. The van der Waals surface area contributed by atoms with Gasteiger partial charge in [-0.05, 0) is 49.9 Å². The average molecular weight is 391 g/mol. The van der Waals surface area contributed by atoms with Gasteiger partial charge in [-0.25, -0.2) is 0 Å². The first kappa shape index (κ1) is 19.2. The molecule has 1 aliphatic heterocycles. The molecule has 0 spiro atoms. The Hall–Kier alpha value is -3.15. The minimum absolute atomic E-state index is 0.00792. The third-order valence-corrected chi connectivity index (χ3v) is 5.31. The van der Waals surface area contributed by atoms with Gasteiger partial charge in [-0.2, -0.15) is 4.98 Å². The molecule has 1 saturated heterocycles. The fraction of sp³-hybridized carbons (Fsp3) is 0.348. The Labute approximate surface area is 170 Å². The molecule has 0 saturated carbocycles. The van der Waals surface area contributed by atoms with Crippen molar-refractivity contribution in [1.82, 2.24) is 15.0 Å². The summed E-state index contributed by atoms with van der Waals surface area (Å²) in [5, 5.41) is 4.12. The van der Waals surface area contributed by atoms with Crippen molar-refractivity contribution in [3.63, 3.8) is 0 Å². The van der Waals surface area contributed by atoms with Crippen LogP contribution in [0, 0.1) is 12.8 Å². The van der Waals surface area contributed by atoms with E-state index in [1.54, 1.807) is 0 Å². The minimum atomic E-state index is 0.00792. The molecule has 1 aromatic heterocycles. The van der Waals surface area contributed by atoms with Gasteiger partial charge in [0.05, 0.1) is 5.56 Å². The summed E-state index contributed by atoms with van der Waals surface area (Å²) >= 11 is 0. The van der Waals surface area contributed by atoms with Gasteiger partial charge in [0.1, 0.15) is 5.75 Å². The first-order chi connectivity index (χ1) is 14.1. The number of aromatic nitrogens is 2. The Bertz CT molecular complexity index is 990. The first-order valence-corrected chi connectivity index (χ1v) is 10.0. The van der Waals surface area contributed by atoms with Crippen LogP contribution in [0.15, 0.2) is 53.1 Å². The maximum Gasteiger partial charge on any atom is 0.260 e. The number of likely N-dealkylation sites (tertiary alicyclic amines) is 1. The van der Waals surface area contributed by atoms with E-state index < -0.39 is 0 Å². The molecular formula is C23H25N3O3. The number of hydrogen-bond donors (Lipinski definition) is 0.